The highest BCUT2D eigenvalue weighted by molar-refractivity contribution is 5.91. The van der Waals surface area contributed by atoms with Crippen LogP contribution in [-0.2, 0) is 22.5 Å². The molecule has 6 N–H and O–H groups in total. The van der Waals surface area contributed by atoms with Crippen LogP contribution in [0.3, 0.4) is 0 Å². The molecular formula is C25H32F4N8O4. The third kappa shape index (κ3) is 11.1. The van der Waals surface area contributed by atoms with Crippen LogP contribution >= 0.6 is 0 Å². The highest BCUT2D eigenvalue weighted by Gasteiger charge is 2.36. The number of ether oxygens (including phenoxy) is 2. The van der Waals surface area contributed by atoms with Gasteiger partial charge in [-0.2, -0.15) is 13.2 Å². The van der Waals surface area contributed by atoms with Gasteiger partial charge in [-0.3, -0.25) is 14.6 Å². The van der Waals surface area contributed by atoms with E-state index in [9.17, 15) is 27.2 Å². The molecule has 12 nitrogen and oxygen atoms in total. The van der Waals surface area contributed by atoms with Crippen LogP contribution in [0.1, 0.15) is 41.9 Å². The molecule has 1 fully saturated rings. The fourth-order valence-electron chi connectivity index (χ4n) is 3.71. The lowest BCUT2D eigenvalue weighted by molar-refractivity contribution is -0.199. The molecule has 0 bridgehead atoms. The molecule has 2 heterocycles. The fourth-order valence-corrected chi connectivity index (χ4v) is 3.71. The number of alkyl halides is 4. The summed E-state index contributed by atoms with van der Waals surface area (Å²) in [5.41, 5.74) is 12.6. The molecule has 0 radical (unpaired) electrons. The lowest BCUT2D eigenvalue weighted by atomic mass is 9.92. The molecule has 2 aromatic rings. The van der Waals surface area contributed by atoms with E-state index in [0.717, 1.165) is 0 Å². The molecule has 0 spiro atoms. The Hall–Kier alpha value is -4.21. The average molecular weight is 585 g/mol. The summed E-state index contributed by atoms with van der Waals surface area (Å²) >= 11 is 0. The van der Waals surface area contributed by atoms with Crippen molar-refractivity contribution in [1.82, 2.24) is 30.6 Å². The van der Waals surface area contributed by atoms with Gasteiger partial charge < -0.3 is 31.6 Å². The van der Waals surface area contributed by atoms with Gasteiger partial charge >= 0.3 is 6.18 Å². The first-order valence-electron chi connectivity index (χ1n) is 12.7. The number of nitrogens with two attached hydrogens (primary N) is 2. The quantitative estimate of drug-likeness (QED) is 0.190. The van der Waals surface area contributed by atoms with E-state index in [2.05, 4.69) is 25.9 Å². The van der Waals surface area contributed by atoms with Gasteiger partial charge in [0.1, 0.15) is 30.5 Å². The fraction of sp³-hybridized carbons (Fsp3) is 0.480. The molecule has 0 saturated heterocycles. The number of amides is 2. The molecular weight excluding hydrogens is 552 g/mol. The van der Waals surface area contributed by atoms with Crippen molar-refractivity contribution in [2.45, 2.75) is 63.2 Å². The first-order chi connectivity index (χ1) is 19.4. The Labute approximate surface area is 233 Å². The Balaban J connectivity index is 1.38. The maximum absolute atomic E-state index is 14.3. The summed E-state index contributed by atoms with van der Waals surface area (Å²) in [6.07, 6.45) is 0.0513. The molecule has 1 aliphatic carbocycles. The summed E-state index contributed by atoms with van der Waals surface area (Å²) in [5.74, 6) is -0.420. The number of rotatable bonds is 14. The summed E-state index contributed by atoms with van der Waals surface area (Å²) in [6, 6.07) is 3.15. The zero-order valence-electron chi connectivity index (χ0n) is 22.2. The van der Waals surface area contributed by atoms with Crippen LogP contribution in [0.4, 0.5) is 17.6 Å². The van der Waals surface area contributed by atoms with E-state index in [-0.39, 0.29) is 43.4 Å². The average Bonchev–Trinajstić information content (AvgIpc) is 3.35. The molecule has 16 heteroatoms. The van der Waals surface area contributed by atoms with Crippen LogP contribution in [0, 0.1) is 0 Å². The number of allylic oxidation sites excluding steroid dienone is 3. The number of halogens is 4. The third-order valence-corrected chi connectivity index (χ3v) is 5.86. The molecule has 1 aliphatic rings. The van der Waals surface area contributed by atoms with Gasteiger partial charge in [0.2, 0.25) is 5.91 Å². The van der Waals surface area contributed by atoms with Crippen molar-refractivity contribution in [3.63, 3.8) is 0 Å². The second-order valence-electron chi connectivity index (χ2n) is 9.37. The van der Waals surface area contributed by atoms with Gasteiger partial charge in [0, 0.05) is 37.8 Å². The highest BCUT2D eigenvalue weighted by Crippen LogP contribution is 2.30. The zero-order valence-corrected chi connectivity index (χ0v) is 22.2. The lowest BCUT2D eigenvalue weighted by Crippen LogP contribution is -2.41. The molecule has 3 rings (SSSR count). The van der Waals surface area contributed by atoms with Crippen LogP contribution in [0.15, 0.2) is 48.2 Å². The smallest absolute Gasteiger partial charge is 0.411 e. The summed E-state index contributed by atoms with van der Waals surface area (Å²) in [5, 5.41) is 12.3. The van der Waals surface area contributed by atoms with E-state index in [4.69, 9.17) is 20.9 Å². The summed E-state index contributed by atoms with van der Waals surface area (Å²) in [4.78, 5) is 28.0. The Morgan fingerprint density at radius 2 is 2.00 bits per heavy atom. The van der Waals surface area contributed by atoms with E-state index in [0.29, 0.717) is 30.0 Å². The Morgan fingerprint density at radius 1 is 1.24 bits per heavy atom. The standard InChI is InChI=1S/C25H32F4N8O4/c1-32-24(39)21-13-37(36-35-21)12-15(26)2-3-16(30)4-5-22(31)34-23(38)9-17-8-18(6-7-33-17)41-20-10-19(11-20)40-14-25(27,28)29/h4-8,13,15,19-20H,2-3,9-12,14,30-31H2,1H3,(H,32,39)(H,34,38)/b16-4-,22-5+. The van der Waals surface area contributed by atoms with Crippen molar-refractivity contribution in [2.75, 3.05) is 13.7 Å². The van der Waals surface area contributed by atoms with Crippen molar-refractivity contribution in [1.29, 1.82) is 0 Å². The molecule has 0 aromatic carbocycles. The minimum Gasteiger partial charge on any atom is -0.490 e. The van der Waals surface area contributed by atoms with Crippen LogP contribution in [0.25, 0.3) is 0 Å². The normalized spacial score (nSPS) is 18.4. The number of nitrogens with one attached hydrogen (secondary N) is 2. The highest BCUT2D eigenvalue weighted by atomic mass is 19.4. The summed E-state index contributed by atoms with van der Waals surface area (Å²) in [6.45, 7) is -1.38. The number of nitrogens with zero attached hydrogens (tertiary/aromatic N) is 4. The maximum Gasteiger partial charge on any atom is 0.411 e. The first-order valence-corrected chi connectivity index (χ1v) is 12.7. The van der Waals surface area contributed by atoms with E-state index in [1.165, 1.54) is 36.3 Å². The van der Waals surface area contributed by atoms with Crippen molar-refractivity contribution in [3.8, 4) is 5.75 Å². The maximum atomic E-state index is 14.3. The SMILES string of the molecule is CNC(=O)c1cn(CC(F)CC/C(N)=C/C=C(\N)NC(=O)Cc2cc(OC3CC(OCC(F)(F)F)C3)ccn2)nn1. The lowest BCUT2D eigenvalue weighted by Gasteiger charge is -2.35. The van der Waals surface area contributed by atoms with Gasteiger partial charge in [0.05, 0.1) is 31.0 Å². The molecule has 0 aliphatic heterocycles. The molecule has 2 amide bonds. The number of hydrogen-bond acceptors (Lipinski definition) is 9. The largest absolute Gasteiger partial charge is 0.490 e. The molecule has 1 atom stereocenters. The second-order valence-corrected chi connectivity index (χ2v) is 9.37. The van der Waals surface area contributed by atoms with Crippen LogP contribution in [0.2, 0.25) is 0 Å². The van der Waals surface area contributed by atoms with Crippen LogP contribution < -0.4 is 26.8 Å². The van der Waals surface area contributed by atoms with Crippen molar-refractivity contribution in [3.05, 3.63) is 59.6 Å². The van der Waals surface area contributed by atoms with Crippen molar-refractivity contribution < 1.29 is 36.6 Å². The predicted octanol–water partition coefficient (Wildman–Crippen LogP) is 1.64. The van der Waals surface area contributed by atoms with E-state index in [1.54, 1.807) is 12.1 Å². The number of carbonyl (C=O) groups excluding carboxylic acids is 2. The van der Waals surface area contributed by atoms with Gasteiger partial charge in [0.25, 0.3) is 5.91 Å². The minimum absolute atomic E-state index is 0.0193. The van der Waals surface area contributed by atoms with Gasteiger partial charge in [0.15, 0.2) is 5.69 Å². The molecule has 41 heavy (non-hydrogen) atoms. The van der Waals surface area contributed by atoms with Gasteiger partial charge in [-0.05, 0) is 31.1 Å². The molecule has 224 valence electrons. The van der Waals surface area contributed by atoms with E-state index < -0.39 is 36.9 Å². The monoisotopic (exact) mass is 584 g/mol. The Morgan fingerprint density at radius 3 is 2.71 bits per heavy atom. The Bertz CT molecular complexity index is 1240. The number of aromatic nitrogens is 4. The first kappa shape index (κ1) is 31.3. The molecule has 2 aromatic heterocycles. The van der Waals surface area contributed by atoms with Crippen molar-refractivity contribution >= 4 is 11.8 Å². The van der Waals surface area contributed by atoms with Crippen molar-refractivity contribution in [2.24, 2.45) is 11.5 Å². The number of carbonyl (C=O) groups is 2. The predicted molar refractivity (Wildman–Crippen MR) is 138 cm³/mol. The van der Waals surface area contributed by atoms with Gasteiger partial charge in [-0.1, -0.05) is 5.21 Å². The second kappa shape index (κ2) is 14.4. The summed E-state index contributed by atoms with van der Waals surface area (Å²) in [7, 11) is 1.45. The zero-order chi connectivity index (χ0) is 30.0. The number of hydrogen-bond donors (Lipinski definition) is 4. The summed E-state index contributed by atoms with van der Waals surface area (Å²) < 4.78 is 62.7. The third-order valence-electron chi connectivity index (χ3n) is 5.86. The van der Waals surface area contributed by atoms with E-state index >= 15 is 0 Å². The van der Waals surface area contributed by atoms with E-state index in [1.807, 2.05) is 0 Å². The Kier molecular flexibility index (Phi) is 11.0. The van der Waals surface area contributed by atoms with Gasteiger partial charge in [-0.25, -0.2) is 9.07 Å². The number of pyridine rings is 1. The molecule has 1 unspecified atom stereocenters. The van der Waals surface area contributed by atoms with Gasteiger partial charge in [-0.15, -0.1) is 5.10 Å². The topological polar surface area (TPSA) is 172 Å². The van der Waals surface area contributed by atoms with Crippen LogP contribution in [-0.4, -0.2) is 70.0 Å². The molecule has 1 saturated carbocycles. The minimum atomic E-state index is -4.37. The van der Waals surface area contributed by atoms with Crippen LogP contribution in [0.5, 0.6) is 5.75 Å².